The van der Waals surface area contributed by atoms with E-state index >= 15 is 0 Å². The fraction of sp³-hybridized carbons (Fsp3) is 0.579. The SMILES string of the molecule is COc1cc(/C=N\NC(=S)NCCC[NH+]2CCOCC2)cc(Cl)c1OC(C)C. The average molecular weight is 430 g/mol. The summed E-state index contributed by atoms with van der Waals surface area (Å²) in [7, 11) is 1.58. The fourth-order valence-electron chi connectivity index (χ4n) is 2.82. The van der Waals surface area contributed by atoms with Gasteiger partial charge in [0, 0.05) is 13.0 Å². The van der Waals surface area contributed by atoms with Crippen LogP contribution in [0.5, 0.6) is 11.5 Å². The van der Waals surface area contributed by atoms with E-state index in [-0.39, 0.29) is 6.10 Å². The molecule has 0 aromatic heterocycles. The summed E-state index contributed by atoms with van der Waals surface area (Å²) in [6.07, 6.45) is 2.69. The molecule has 1 saturated heterocycles. The lowest BCUT2D eigenvalue weighted by Crippen LogP contribution is -3.14. The summed E-state index contributed by atoms with van der Waals surface area (Å²) in [6, 6.07) is 3.59. The van der Waals surface area contributed by atoms with Gasteiger partial charge >= 0.3 is 0 Å². The molecule has 1 heterocycles. The second-order valence-electron chi connectivity index (χ2n) is 6.79. The highest BCUT2D eigenvalue weighted by Crippen LogP contribution is 2.36. The number of nitrogens with one attached hydrogen (secondary N) is 3. The zero-order valence-electron chi connectivity index (χ0n) is 16.7. The maximum absolute atomic E-state index is 6.31. The Labute approximate surface area is 177 Å². The first-order valence-electron chi connectivity index (χ1n) is 9.52. The molecular weight excluding hydrogens is 400 g/mol. The predicted molar refractivity (Wildman–Crippen MR) is 116 cm³/mol. The van der Waals surface area contributed by atoms with Gasteiger partial charge in [0.25, 0.3) is 0 Å². The van der Waals surface area contributed by atoms with Crippen molar-refractivity contribution in [3.63, 3.8) is 0 Å². The number of morpholine rings is 1. The molecule has 9 heteroatoms. The van der Waals surface area contributed by atoms with Gasteiger partial charge in [0.2, 0.25) is 0 Å². The van der Waals surface area contributed by atoms with E-state index in [1.807, 2.05) is 19.9 Å². The van der Waals surface area contributed by atoms with Gasteiger partial charge in [-0.25, -0.2) is 0 Å². The van der Waals surface area contributed by atoms with Crippen molar-refractivity contribution in [2.45, 2.75) is 26.4 Å². The normalized spacial score (nSPS) is 15.0. The first-order chi connectivity index (χ1) is 13.5. The first-order valence-corrected chi connectivity index (χ1v) is 10.3. The van der Waals surface area contributed by atoms with Crippen molar-refractivity contribution in [1.82, 2.24) is 10.7 Å². The Kier molecular flexibility index (Phi) is 9.77. The van der Waals surface area contributed by atoms with Crippen LogP contribution in [0.25, 0.3) is 0 Å². The van der Waals surface area contributed by atoms with E-state index in [9.17, 15) is 0 Å². The van der Waals surface area contributed by atoms with Gasteiger partial charge in [-0.05, 0) is 43.8 Å². The van der Waals surface area contributed by atoms with E-state index in [0.29, 0.717) is 21.6 Å². The molecule has 0 radical (unpaired) electrons. The van der Waals surface area contributed by atoms with Crippen LogP contribution in [0.3, 0.4) is 0 Å². The highest BCUT2D eigenvalue weighted by Gasteiger charge is 2.13. The summed E-state index contributed by atoms with van der Waals surface area (Å²) in [4.78, 5) is 1.58. The second-order valence-corrected chi connectivity index (χ2v) is 7.61. The lowest BCUT2D eigenvalue weighted by molar-refractivity contribution is -0.908. The van der Waals surface area contributed by atoms with E-state index in [1.54, 1.807) is 24.3 Å². The summed E-state index contributed by atoms with van der Waals surface area (Å²) in [6.45, 7) is 9.68. The number of quaternary nitrogens is 1. The molecule has 28 heavy (non-hydrogen) atoms. The molecule has 1 aromatic carbocycles. The Morgan fingerprint density at radius 1 is 1.39 bits per heavy atom. The van der Waals surface area contributed by atoms with E-state index in [1.165, 1.54) is 0 Å². The van der Waals surface area contributed by atoms with Gasteiger partial charge in [-0.2, -0.15) is 5.10 Å². The van der Waals surface area contributed by atoms with Gasteiger partial charge in [-0.1, -0.05) is 11.6 Å². The number of ether oxygens (including phenoxy) is 3. The molecule has 1 aromatic rings. The smallest absolute Gasteiger partial charge is 0.186 e. The summed E-state index contributed by atoms with van der Waals surface area (Å²) in [5, 5.41) is 8.29. The number of thiocarbonyl (C=S) groups is 1. The van der Waals surface area contributed by atoms with Gasteiger partial charge < -0.3 is 24.4 Å². The Morgan fingerprint density at radius 2 is 2.14 bits per heavy atom. The second kappa shape index (κ2) is 12.1. The molecule has 0 atom stereocenters. The van der Waals surface area contributed by atoms with Gasteiger partial charge in [0.1, 0.15) is 13.1 Å². The highest BCUT2D eigenvalue weighted by atomic mass is 35.5. The van der Waals surface area contributed by atoms with Gasteiger partial charge in [0.15, 0.2) is 16.6 Å². The molecule has 0 unspecified atom stereocenters. The van der Waals surface area contributed by atoms with Crippen molar-refractivity contribution < 1.29 is 19.1 Å². The molecule has 0 amide bonds. The first kappa shape index (κ1) is 22.7. The van der Waals surface area contributed by atoms with E-state index in [4.69, 9.17) is 38.0 Å². The van der Waals surface area contributed by atoms with Crippen LogP contribution in [-0.2, 0) is 4.74 Å². The molecule has 1 aliphatic rings. The maximum atomic E-state index is 6.31. The molecule has 0 saturated carbocycles. The number of benzene rings is 1. The Morgan fingerprint density at radius 3 is 2.82 bits per heavy atom. The average Bonchev–Trinajstić information content (AvgIpc) is 2.67. The number of hydrogen-bond acceptors (Lipinski definition) is 5. The van der Waals surface area contributed by atoms with Crippen LogP contribution in [0, 0.1) is 0 Å². The van der Waals surface area contributed by atoms with Crippen LogP contribution in [0.1, 0.15) is 25.8 Å². The fourth-order valence-corrected chi connectivity index (χ4v) is 3.24. The molecule has 156 valence electrons. The highest BCUT2D eigenvalue weighted by molar-refractivity contribution is 7.80. The molecule has 1 aliphatic heterocycles. The zero-order valence-corrected chi connectivity index (χ0v) is 18.3. The third kappa shape index (κ3) is 7.79. The van der Waals surface area contributed by atoms with E-state index in [0.717, 1.165) is 51.4 Å². The quantitative estimate of drug-likeness (QED) is 0.237. The summed E-state index contributed by atoms with van der Waals surface area (Å²) >= 11 is 11.6. The minimum Gasteiger partial charge on any atom is -0.493 e. The molecule has 0 aliphatic carbocycles. The van der Waals surface area contributed by atoms with Crippen molar-refractivity contribution in [3.05, 3.63) is 22.7 Å². The number of halogens is 1. The zero-order chi connectivity index (χ0) is 20.4. The molecular formula is C19H30ClN4O3S+. The minimum atomic E-state index is 0.000813. The van der Waals surface area contributed by atoms with Crippen molar-refractivity contribution in [3.8, 4) is 11.5 Å². The third-order valence-corrected chi connectivity index (χ3v) is 4.69. The van der Waals surface area contributed by atoms with Crippen LogP contribution >= 0.6 is 23.8 Å². The maximum Gasteiger partial charge on any atom is 0.186 e. The number of methoxy groups -OCH3 is 1. The number of nitrogens with zero attached hydrogens (tertiary/aromatic N) is 1. The Balaban J connectivity index is 1.76. The lowest BCUT2D eigenvalue weighted by Gasteiger charge is -2.23. The minimum absolute atomic E-state index is 0.000813. The largest absolute Gasteiger partial charge is 0.493 e. The van der Waals surface area contributed by atoms with Crippen LogP contribution < -0.4 is 25.1 Å². The number of rotatable bonds is 9. The summed E-state index contributed by atoms with van der Waals surface area (Å²) in [5.74, 6) is 1.10. The predicted octanol–water partition coefficient (Wildman–Crippen LogP) is 1.24. The molecule has 7 nitrogen and oxygen atoms in total. The van der Waals surface area contributed by atoms with Crippen molar-refractivity contribution >= 4 is 35.1 Å². The molecule has 3 N–H and O–H groups in total. The Hall–Kier alpha value is -1.61. The van der Waals surface area contributed by atoms with Gasteiger partial charge in [0.05, 0.1) is 44.2 Å². The van der Waals surface area contributed by atoms with Gasteiger partial charge in [-0.15, -0.1) is 0 Å². The van der Waals surface area contributed by atoms with Crippen molar-refractivity contribution in [2.24, 2.45) is 5.10 Å². The van der Waals surface area contributed by atoms with Crippen LogP contribution in [0.4, 0.5) is 0 Å². The molecule has 0 spiro atoms. The number of hydrogen-bond donors (Lipinski definition) is 3. The summed E-state index contributed by atoms with van der Waals surface area (Å²) < 4.78 is 16.4. The lowest BCUT2D eigenvalue weighted by atomic mass is 10.2. The standard InChI is InChI=1S/C19H29ClN4O3S/c1-14(2)27-18-16(20)11-15(12-17(18)25-3)13-22-23-19(28)21-5-4-6-24-7-9-26-10-8-24/h11-14H,4-10H2,1-3H3,(H2,21,23,28)/p+1/b22-13-. The van der Waals surface area contributed by atoms with Crippen molar-refractivity contribution in [2.75, 3.05) is 46.5 Å². The monoisotopic (exact) mass is 429 g/mol. The Bertz CT molecular complexity index is 667. The topological polar surface area (TPSA) is 68.5 Å². The third-order valence-electron chi connectivity index (χ3n) is 4.18. The molecule has 0 bridgehead atoms. The van der Waals surface area contributed by atoms with E-state index in [2.05, 4.69) is 15.8 Å². The number of hydrazone groups is 1. The van der Waals surface area contributed by atoms with Crippen LogP contribution in [0.15, 0.2) is 17.2 Å². The summed E-state index contributed by atoms with van der Waals surface area (Å²) in [5.41, 5.74) is 3.60. The van der Waals surface area contributed by atoms with Crippen LogP contribution in [0.2, 0.25) is 5.02 Å². The van der Waals surface area contributed by atoms with Gasteiger partial charge in [-0.3, -0.25) is 5.43 Å². The van der Waals surface area contributed by atoms with E-state index < -0.39 is 0 Å². The van der Waals surface area contributed by atoms with Crippen molar-refractivity contribution in [1.29, 1.82) is 0 Å². The molecule has 2 rings (SSSR count). The van der Waals surface area contributed by atoms with Crippen LogP contribution in [-0.4, -0.2) is 63.9 Å². The molecule has 1 fully saturated rings.